The number of ether oxygens (including phenoxy) is 2. The number of benzene rings is 3. The normalized spacial score (nSPS) is 14.0. The predicted molar refractivity (Wildman–Crippen MR) is 157 cm³/mol. The van der Waals surface area contributed by atoms with E-state index in [-0.39, 0.29) is 12.5 Å². The highest BCUT2D eigenvalue weighted by Gasteiger charge is 2.38. The van der Waals surface area contributed by atoms with Crippen LogP contribution in [0.1, 0.15) is 39.7 Å². The highest BCUT2D eigenvalue weighted by Crippen LogP contribution is 2.49. The Bertz CT molecular complexity index is 1930. The molecule has 0 N–H and O–H groups in total. The second kappa shape index (κ2) is 10.6. The van der Waals surface area contributed by atoms with Gasteiger partial charge in [-0.2, -0.15) is 5.10 Å². The van der Waals surface area contributed by atoms with Crippen LogP contribution in [0, 0.1) is 6.92 Å². The van der Waals surface area contributed by atoms with Gasteiger partial charge in [-0.05, 0) is 60.5 Å². The Balaban J connectivity index is 1.26. The van der Waals surface area contributed by atoms with Crippen LogP contribution in [0.15, 0.2) is 90.3 Å². The molecule has 3 aromatic carbocycles. The Morgan fingerprint density at radius 1 is 1.00 bits per heavy atom. The Morgan fingerprint density at radius 3 is 2.62 bits per heavy atom. The Labute approximate surface area is 245 Å². The van der Waals surface area contributed by atoms with Crippen molar-refractivity contribution in [3.63, 3.8) is 0 Å². The zero-order chi connectivity index (χ0) is 28.6. The summed E-state index contributed by atoms with van der Waals surface area (Å²) in [5.74, 6) is 2.00. The molecule has 7 rings (SSSR count). The number of oxime groups is 1. The fourth-order valence-electron chi connectivity index (χ4n) is 5.13. The van der Waals surface area contributed by atoms with Crippen molar-refractivity contribution < 1.29 is 14.3 Å². The summed E-state index contributed by atoms with van der Waals surface area (Å²) in [5, 5.41) is 14.1. The summed E-state index contributed by atoms with van der Waals surface area (Å²) in [6.07, 6.45) is 3.21. The molecule has 6 aromatic rings. The van der Waals surface area contributed by atoms with Crippen LogP contribution in [0.5, 0.6) is 17.5 Å². The number of hydrogen-bond acceptors (Lipinski definition) is 8. The van der Waals surface area contributed by atoms with Gasteiger partial charge in [-0.15, -0.1) is 5.10 Å². The largest absolute Gasteiger partial charge is 0.497 e. The van der Waals surface area contributed by atoms with E-state index in [4.69, 9.17) is 36.0 Å². The van der Waals surface area contributed by atoms with Crippen LogP contribution >= 0.6 is 11.6 Å². The minimum Gasteiger partial charge on any atom is -0.497 e. The number of fused-ring (bicyclic) bond motifs is 4. The summed E-state index contributed by atoms with van der Waals surface area (Å²) in [7, 11) is 1.63. The van der Waals surface area contributed by atoms with Gasteiger partial charge in [0.15, 0.2) is 18.1 Å². The van der Waals surface area contributed by atoms with Crippen molar-refractivity contribution in [2.75, 3.05) is 7.11 Å². The second-order valence-electron chi connectivity index (χ2n) is 9.68. The molecule has 42 heavy (non-hydrogen) atoms. The fraction of sp³-hybridized carbons (Fsp3) is 0.129. The topological polar surface area (TPSA) is 101 Å². The number of rotatable bonds is 7. The molecule has 4 heterocycles. The van der Waals surface area contributed by atoms with Gasteiger partial charge < -0.3 is 14.3 Å². The molecule has 3 aromatic heterocycles. The number of nitrogens with zero attached hydrogens (tertiary/aromatic N) is 7. The molecule has 0 amide bonds. The van der Waals surface area contributed by atoms with Crippen LogP contribution in [0.2, 0.25) is 5.02 Å². The summed E-state index contributed by atoms with van der Waals surface area (Å²) < 4.78 is 15.1. The molecule has 208 valence electrons. The lowest BCUT2D eigenvalue weighted by molar-refractivity contribution is 0.126. The Morgan fingerprint density at radius 2 is 1.83 bits per heavy atom. The molecular formula is C31H24ClN7O3. The van der Waals surface area contributed by atoms with Crippen LogP contribution in [-0.4, -0.2) is 42.7 Å². The molecule has 1 unspecified atom stereocenters. The van der Waals surface area contributed by atoms with E-state index < -0.39 is 0 Å². The van der Waals surface area contributed by atoms with Gasteiger partial charge in [-0.25, -0.2) is 19.2 Å². The third kappa shape index (κ3) is 4.61. The van der Waals surface area contributed by atoms with Crippen LogP contribution in [-0.2, 0) is 11.4 Å². The molecular weight excluding hydrogens is 554 g/mol. The molecule has 0 aliphatic carbocycles. The van der Waals surface area contributed by atoms with Crippen molar-refractivity contribution in [1.82, 2.24) is 29.4 Å². The summed E-state index contributed by atoms with van der Waals surface area (Å²) in [6.45, 7) is 2.05. The second-order valence-corrected chi connectivity index (χ2v) is 10.1. The number of aryl methyl sites for hydroxylation is 1. The molecule has 0 saturated heterocycles. The van der Waals surface area contributed by atoms with Gasteiger partial charge in [-0.3, -0.25) is 0 Å². The van der Waals surface area contributed by atoms with E-state index in [0.717, 1.165) is 39.4 Å². The van der Waals surface area contributed by atoms with E-state index >= 15 is 0 Å². The van der Waals surface area contributed by atoms with Gasteiger partial charge >= 0.3 is 0 Å². The highest BCUT2D eigenvalue weighted by molar-refractivity contribution is 6.30. The SMILES string of the molecule is COc1ccc(C=NOCc2nc3c4c(ncn3n2)Oc2c(c(C)nn2-c2cccc(Cl)c2)C4c2ccccc2)cc1. The maximum absolute atomic E-state index is 6.46. The number of halogens is 1. The van der Waals surface area contributed by atoms with Gasteiger partial charge in [0.25, 0.3) is 0 Å². The minimum absolute atomic E-state index is 0.0803. The van der Waals surface area contributed by atoms with E-state index in [9.17, 15) is 0 Å². The number of methoxy groups -OCH3 is 1. The average molecular weight is 578 g/mol. The van der Waals surface area contributed by atoms with Crippen LogP contribution in [0.25, 0.3) is 11.3 Å². The van der Waals surface area contributed by atoms with Gasteiger partial charge in [0.1, 0.15) is 12.1 Å². The first-order valence-electron chi connectivity index (χ1n) is 13.2. The molecule has 1 atom stereocenters. The monoisotopic (exact) mass is 577 g/mol. The highest BCUT2D eigenvalue weighted by atomic mass is 35.5. The number of hydrogen-bond donors (Lipinski definition) is 0. The van der Waals surface area contributed by atoms with Crippen molar-refractivity contribution in [3.05, 3.63) is 124 Å². The zero-order valence-corrected chi connectivity index (χ0v) is 23.4. The molecule has 10 nitrogen and oxygen atoms in total. The molecule has 11 heteroatoms. The van der Waals surface area contributed by atoms with Gasteiger partial charge in [0, 0.05) is 5.02 Å². The maximum atomic E-state index is 6.46. The molecule has 0 radical (unpaired) electrons. The summed E-state index contributed by atoms with van der Waals surface area (Å²) in [5.41, 5.74) is 5.88. The maximum Gasteiger partial charge on any atom is 0.230 e. The lowest BCUT2D eigenvalue weighted by Gasteiger charge is -2.26. The van der Waals surface area contributed by atoms with Crippen molar-refractivity contribution in [2.45, 2.75) is 19.4 Å². The first kappa shape index (κ1) is 25.7. The van der Waals surface area contributed by atoms with E-state index in [1.807, 2.05) is 73.7 Å². The van der Waals surface area contributed by atoms with Gasteiger partial charge in [-0.1, -0.05) is 53.2 Å². The minimum atomic E-state index is -0.250. The molecule has 0 spiro atoms. The summed E-state index contributed by atoms with van der Waals surface area (Å²) in [4.78, 5) is 15.0. The lowest BCUT2D eigenvalue weighted by Crippen LogP contribution is -2.16. The third-order valence-electron chi connectivity index (χ3n) is 7.04. The van der Waals surface area contributed by atoms with Gasteiger partial charge in [0.05, 0.1) is 41.8 Å². The van der Waals surface area contributed by atoms with E-state index in [1.165, 1.54) is 0 Å². The smallest absolute Gasteiger partial charge is 0.230 e. The molecule has 0 saturated carbocycles. The van der Waals surface area contributed by atoms with Crippen LogP contribution in [0.3, 0.4) is 0 Å². The lowest BCUT2D eigenvalue weighted by atomic mass is 9.84. The zero-order valence-electron chi connectivity index (χ0n) is 22.7. The van der Waals surface area contributed by atoms with Crippen molar-refractivity contribution in [3.8, 4) is 23.2 Å². The van der Waals surface area contributed by atoms with E-state index in [1.54, 1.807) is 28.8 Å². The first-order chi connectivity index (χ1) is 20.6. The molecule has 0 bridgehead atoms. The van der Waals surface area contributed by atoms with Crippen molar-refractivity contribution >= 4 is 23.5 Å². The van der Waals surface area contributed by atoms with Crippen LogP contribution < -0.4 is 9.47 Å². The first-order valence-corrected chi connectivity index (χ1v) is 13.6. The number of aromatic nitrogens is 6. The van der Waals surface area contributed by atoms with Gasteiger partial charge in [0.2, 0.25) is 11.8 Å². The average Bonchev–Trinajstić information content (AvgIpc) is 3.59. The summed E-state index contributed by atoms with van der Waals surface area (Å²) >= 11 is 6.31. The Kier molecular flexibility index (Phi) is 6.52. The Hall–Kier alpha value is -5.22. The van der Waals surface area contributed by atoms with E-state index in [2.05, 4.69) is 27.4 Å². The molecule has 0 fully saturated rings. The van der Waals surface area contributed by atoms with E-state index in [0.29, 0.717) is 28.3 Å². The summed E-state index contributed by atoms with van der Waals surface area (Å²) in [6, 6.07) is 25.2. The van der Waals surface area contributed by atoms with Crippen molar-refractivity contribution in [2.24, 2.45) is 5.16 Å². The fourth-order valence-corrected chi connectivity index (χ4v) is 5.31. The van der Waals surface area contributed by atoms with Crippen molar-refractivity contribution in [1.29, 1.82) is 0 Å². The van der Waals surface area contributed by atoms with Crippen LogP contribution in [0.4, 0.5) is 0 Å². The standard InChI is InChI=1S/C31H24ClN7O3/c1-19-26-27(21-7-4-3-5-8-21)28-29-35-25(17-41-34-16-20-11-13-24(40-2)14-12-20)37-38(29)18-33-30(28)42-31(26)39(36-19)23-10-6-9-22(32)15-23/h3-16,18,27H,17H2,1-2H3. The predicted octanol–water partition coefficient (Wildman–Crippen LogP) is 6.12. The quantitative estimate of drug-likeness (QED) is 0.166. The molecule has 1 aliphatic heterocycles. The third-order valence-corrected chi connectivity index (χ3v) is 7.27. The molecule has 1 aliphatic rings.